The van der Waals surface area contributed by atoms with Crippen LogP contribution in [0, 0.1) is 0 Å². The van der Waals surface area contributed by atoms with Gasteiger partial charge in [0.05, 0.1) is 5.03 Å². The number of benzene rings is 2. The highest BCUT2D eigenvalue weighted by Crippen LogP contribution is 2.26. The molecule has 0 radical (unpaired) electrons. The fourth-order valence-corrected chi connectivity index (χ4v) is 3.07. The van der Waals surface area contributed by atoms with Gasteiger partial charge in [-0.3, -0.25) is 4.79 Å². The molecule has 1 N–H and O–H groups in total. The second-order valence-electron chi connectivity index (χ2n) is 5.39. The number of para-hydroxylation sites is 1. The average molecular weight is 398 g/mol. The number of anilines is 1. The Balaban J connectivity index is 1.68. The number of nitrogens with one attached hydrogen (secondary N) is 1. The molecule has 0 saturated heterocycles. The molecule has 3 aromatic rings. The summed E-state index contributed by atoms with van der Waals surface area (Å²) in [6.07, 6.45) is 3.45. The summed E-state index contributed by atoms with van der Waals surface area (Å²) in [7, 11) is 0. The molecule has 136 valence electrons. The molecule has 1 heterocycles. The van der Waals surface area contributed by atoms with E-state index < -0.39 is 0 Å². The number of amides is 1. The molecular weight excluding hydrogens is 382 g/mol. The lowest BCUT2D eigenvalue weighted by Gasteiger charge is -2.03. The van der Waals surface area contributed by atoms with E-state index in [2.05, 4.69) is 22.1 Å². The second-order valence-corrected chi connectivity index (χ2v) is 6.78. The van der Waals surface area contributed by atoms with Gasteiger partial charge >= 0.3 is 0 Å². The molecule has 3 rings (SSSR count). The zero-order chi connectivity index (χ0) is 19.1. The van der Waals surface area contributed by atoms with Crippen molar-refractivity contribution in [3.63, 3.8) is 0 Å². The van der Waals surface area contributed by atoms with Gasteiger partial charge in [0.25, 0.3) is 5.91 Å². The zero-order valence-electron chi connectivity index (χ0n) is 14.3. The van der Waals surface area contributed by atoms with Gasteiger partial charge in [-0.25, -0.2) is 0 Å². The van der Waals surface area contributed by atoms with Crippen LogP contribution >= 0.6 is 22.9 Å². The quantitative estimate of drug-likeness (QED) is 0.564. The van der Waals surface area contributed by atoms with E-state index in [0.29, 0.717) is 22.3 Å². The standard InChI is InChI=1S/C20H16ClN3O2S/c1-2-12-26-16-10-8-14(9-11-16)13-17(21)19-23-24-20(27-19)18(25)22-15-6-4-3-5-7-15/h2-11,13H,1,12H2,(H,22,25)/b17-13+. The van der Waals surface area contributed by atoms with Gasteiger partial charge < -0.3 is 10.1 Å². The number of halogens is 1. The van der Waals surface area contributed by atoms with Gasteiger partial charge in [0, 0.05) is 5.69 Å². The number of carbonyl (C=O) groups excluding carboxylic acids is 1. The molecule has 27 heavy (non-hydrogen) atoms. The molecule has 2 aromatic carbocycles. The van der Waals surface area contributed by atoms with Crippen LogP contribution in [0.2, 0.25) is 0 Å². The van der Waals surface area contributed by atoms with Crippen LogP contribution in [-0.2, 0) is 0 Å². The lowest BCUT2D eigenvalue weighted by molar-refractivity contribution is 0.102. The van der Waals surface area contributed by atoms with Crippen molar-refractivity contribution in [2.75, 3.05) is 11.9 Å². The number of aromatic nitrogens is 2. The Morgan fingerprint density at radius 3 is 2.52 bits per heavy atom. The zero-order valence-corrected chi connectivity index (χ0v) is 15.8. The number of carbonyl (C=O) groups is 1. The molecule has 0 saturated carbocycles. The Morgan fingerprint density at radius 2 is 1.81 bits per heavy atom. The van der Waals surface area contributed by atoms with Crippen molar-refractivity contribution in [3.05, 3.63) is 82.8 Å². The molecule has 0 aliphatic rings. The topological polar surface area (TPSA) is 64.1 Å². The Kier molecular flexibility index (Phi) is 6.35. The largest absolute Gasteiger partial charge is 0.490 e. The van der Waals surface area contributed by atoms with Crippen LogP contribution in [0.4, 0.5) is 5.69 Å². The van der Waals surface area contributed by atoms with Gasteiger partial charge in [-0.1, -0.05) is 65.9 Å². The Hall–Kier alpha value is -2.96. The van der Waals surface area contributed by atoms with Crippen LogP contribution in [0.3, 0.4) is 0 Å². The third-order valence-electron chi connectivity index (χ3n) is 3.40. The Labute approximate surface area is 166 Å². The first kappa shape index (κ1) is 18.8. The molecule has 0 spiro atoms. The monoisotopic (exact) mass is 397 g/mol. The molecule has 0 aliphatic heterocycles. The maximum absolute atomic E-state index is 12.2. The molecule has 5 nitrogen and oxygen atoms in total. The fraction of sp³-hybridized carbons (Fsp3) is 0.0500. The van der Waals surface area contributed by atoms with Crippen molar-refractivity contribution in [3.8, 4) is 5.75 Å². The first-order valence-electron chi connectivity index (χ1n) is 8.07. The van der Waals surface area contributed by atoms with E-state index in [9.17, 15) is 4.79 Å². The minimum absolute atomic E-state index is 0.244. The van der Waals surface area contributed by atoms with Gasteiger partial charge in [-0.05, 0) is 35.9 Å². The summed E-state index contributed by atoms with van der Waals surface area (Å²) < 4.78 is 5.44. The molecule has 7 heteroatoms. The molecule has 0 unspecified atom stereocenters. The third kappa shape index (κ3) is 5.26. The number of hydrogen-bond acceptors (Lipinski definition) is 5. The summed E-state index contributed by atoms with van der Waals surface area (Å²) in [6, 6.07) is 16.6. The molecule has 1 amide bonds. The summed E-state index contributed by atoms with van der Waals surface area (Å²) >= 11 is 7.47. The molecule has 0 atom stereocenters. The summed E-state index contributed by atoms with van der Waals surface area (Å²) in [5.74, 6) is 0.428. The number of ether oxygens (including phenoxy) is 1. The van der Waals surface area contributed by atoms with E-state index in [-0.39, 0.29) is 10.9 Å². The minimum atomic E-state index is -0.321. The van der Waals surface area contributed by atoms with Gasteiger partial charge in [-0.2, -0.15) is 0 Å². The fourth-order valence-electron chi connectivity index (χ4n) is 2.14. The maximum Gasteiger partial charge on any atom is 0.286 e. The van der Waals surface area contributed by atoms with Crippen LogP contribution in [0.1, 0.15) is 20.4 Å². The first-order valence-corrected chi connectivity index (χ1v) is 9.26. The van der Waals surface area contributed by atoms with E-state index >= 15 is 0 Å². The summed E-state index contributed by atoms with van der Waals surface area (Å²) in [5.41, 5.74) is 1.58. The Bertz CT molecular complexity index is 953. The van der Waals surface area contributed by atoms with E-state index in [1.165, 1.54) is 0 Å². The third-order valence-corrected chi connectivity index (χ3v) is 4.75. The number of hydrogen-bond donors (Lipinski definition) is 1. The van der Waals surface area contributed by atoms with E-state index in [4.69, 9.17) is 16.3 Å². The first-order chi connectivity index (χ1) is 13.2. The normalized spacial score (nSPS) is 11.1. The summed E-state index contributed by atoms with van der Waals surface area (Å²) in [4.78, 5) is 12.2. The number of nitrogens with zero attached hydrogens (tertiary/aromatic N) is 2. The van der Waals surface area contributed by atoms with Crippen LogP contribution < -0.4 is 10.1 Å². The van der Waals surface area contributed by atoms with Gasteiger partial charge in [0.1, 0.15) is 12.4 Å². The van der Waals surface area contributed by atoms with Crippen molar-refractivity contribution in [1.82, 2.24) is 10.2 Å². The minimum Gasteiger partial charge on any atom is -0.490 e. The van der Waals surface area contributed by atoms with E-state index in [0.717, 1.165) is 22.6 Å². The van der Waals surface area contributed by atoms with E-state index in [1.807, 2.05) is 42.5 Å². The summed E-state index contributed by atoms with van der Waals surface area (Å²) in [5, 5.41) is 11.8. The van der Waals surface area contributed by atoms with Crippen molar-refractivity contribution >= 4 is 45.6 Å². The van der Waals surface area contributed by atoms with Crippen LogP contribution in [0.25, 0.3) is 11.1 Å². The SMILES string of the molecule is C=CCOc1ccc(/C=C(/Cl)c2nnc(C(=O)Nc3ccccc3)s2)cc1. The smallest absolute Gasteiger partial charge is 0.286 e. The molecule has 0 aliphatic carbocycles. The lowest BCUT2D eigenvalue weighted by atomic mass is 10.2. The van der Waals surface area contributed by atoms with Crippen molar-refractivity contribution in [2.24, 2.45) is 0 Å². The highest BCUT2D eigenvalue weighted by molar-refractivity contribution is 7.15. The molecule has 1 aromatic heterocycles. The van der Waals surface area contributed by atoms with Crippen molar-refractivity contribution < 1.29 is 9.53 Å². The highest BCUT2D eigenvalue weighted by atomic mass is 35.5. The van der Waals surface area contributed by atoms with Gasteiger partial charge in [0.15, 0.2) is 5.01 Å². The lowest BCUT2D eigenvalue weighted by Crippen LogP contribution is -2.11. The van der Waals surface area contributed by atoms with Crippen molar-refractivity contribution in [2.45, 2.75) is 0 Å². The van der Waals surface area contributed by atoms with E-state index in [1.54, 1.807) is 24.3 Å². The van der Waals surface area contributed by atoms with Gasteiger partial charge in [-0.15, -0.1) is 10.2 Å². The van der Waals surface area contributed by atoms with Crippen LogP contribution in [-0.4, -0.2) is 22.7 Å². The summed E-state index contributed by atoms with van der Waals surface area (Å²) in [6.45, 7) is 4.06. The average Bonchev–Trinajstić information content (AvgIpc) is 3.19. The predicted molar refractivity (Wildman–Crippen MR) is 110 cm³/mol. The predicted octanol–water partition coefficient (Wildman–Crippen LogP) is 5.09. The Morgan fingerprint density at radius 1 is 1.11 bits per heavy atom. The van der Waals surface area contributed by atoms with Crippen molar-refractivity contribution in [1.29, 1.82) is 0 Å². The van der Waals surface area contributed by atoms with Gasteiger partial charge in [0.2, 0.25) is 5.01 Å². The van der Waals surface area contributed by atoms with Crippen LogP contribution in [0.15, 0.2) is 67.3 Å². The molecular formula is C20H16ClN3O2S. The molecule has 0 bridgehead atoms. The van der Waals surface area contributed by atoms with Crippen LogP contribution in [0.5, 0.6) is 5.75 Å². The second kappa shape index (κ2) is 9.12. The maximum atomic E-state index is 12.2. The molecule has 0 fully saturated rings. The number of rotatable bonds is 7. The highest BCUT2D eigenvalue weighted by Gasteiger charge is 2.14.